The Morgan fingerprint density at radius 1 is 1.38 bits per heavy atom. The van der Waals surface area contributed by atoms with Crippen LogP contribution in [0.1, 0.15) is 13.8 Å². The number of amides is 3. The van der Waals surface area contributed by atoms with Gasteiger partial charge in [0.2, 0.25) is 5.91 Å². The van der Waals surface area contributed by atoms with Crippen molar-refractivity contribution in [1.82, 2.24) is 10.6 Å². The van der Waals surface area contributed by atoms with E-state index < -0.39 is 28.0 Å². The number of rotatable bonds is 5. The highest BCUT2D eigenvalue weighted by molar-refractivity contribution is 7.86. The van der Waals surface area contributed by atoms with Crippen LogP contribution < -0.4 is 16.4 Å². The standard InChI is InChI=1S/C9H19N3O3S/c1-6(4-10)5-16(15)7(2)8(13)12-9(14)11-3/h6-7H,4-5,10H2,1-3H3,(H2,11,12,13,14). The third kappa shape index (κ3) is 5.22. The van der Waals surface area contributed by atoms with Crippen molar-refractivity contribution in [1.29, 1.82) is 0 Å². The van der Waals surface area contributed by atoms with Crippen molar-refractivity contribution in [2.75, 3.05) is 19.3 Å². The topological polar surface area (TPSA) is 101 Å². The van der Waals surface area contributed by atoms with E-state index in [1.54, 1.807) is 0 Å². The first-order valence-electron chi connectivity index (χ1n) is 5.02. The largest absolute Gasteiger partial charge is 0.341 e. The monoisotopic (exact) mass is 249 g/mol. The first kappa shape index (κ1) is 15.0. The van der Waals surface area contributed by atoms with Gasteiger partial charge in [0.1, 0.15) is 5.25 Å². The van der Waals surface area contributed by atoms with Crippen LogP contribution in [0.15, 0.2) is 0 Å². The average molecular weight is 249 g/mol. The van der Waals surface area contributed by atoms with Gasteiger partial charge >= 0.3 is 6.03 Å². The summed E-state index contributed by atoms with van der Waals surface area (Å²) in [6.07, 6.45) is 0. The van der Waals surface area contributed by atoms with E-state index in [1.165, 1.54) is 14.0 Å². The van der Waals surface area contributed by atoms with Crippen molar-refractivity contribution >= 4 is 22.7 Å². The zero-order valence-electron chi connectivity index (χ0n) is 9.78. The van der Waals surface area contributed by atoms with Gasteiger partial charge in [-0.3, -0.25) is 14.3 Å². The molecule has 3 unspecified atom stereocenters. The zero-order valence-corrected chi connectivity index (χ0v) is 10.6. The van der Waals surface area contributed by atoms with Gasteiger partial charge in [0.15, 0.2) is 0 Å². The highest BCUT2D eigenvalue weighted by Gasteiger charge is 2.22. The van der Waals surface area contributed by atoms with Crippen LogP contribution in [0.5, 0.6) is 0 Å². The SMILES string of the molecule is CNC(=O)NC(=O)C(C)S(=O)CC(C)CN. The number of nitrogens with one attached hydrogen (secondary N) is 2. The van der Waals surface area contributed by atoms with Gasteiger partial charge in [0, 0.05) is 23.6 Å². The molecule has 0 aromatic carbocycles. The fraction of sp³-hybridized carbons (Fsp3) is 0.778. The molecule has 0 aliphatic carbocycles. The Morgan fingerprint density at radius 2 is 1.94 bits per heavy atom. The number of carbonyl (C=O) groups excluding carboxylic acids is 2. The molecular weight excluding hydrogens is 230 g/mol. The molecule has 0 aromatic heterocycles. The van der Waals surface area contributed by atoms with Crippen molar-refractivity contribution in [3.05, 3.63) is 0 Å². The molecule has 0 aliphatic heterocycles. The minimum atomic E-state index is -1.32. The summed E-state index contributed by atoms with van der Waals surface area (Å²) < 4.78 is 11.7. The summed E-state index contributed by atoms with van der Waals surface area (Å²) in [5.41, 5.74) is 5.40. The molecule has 0 saturated heterocycles. The quantitative estimate of drug-likeness (QED) is 0.592. The summed E-state index contributed by atoms with van der Waals surface area (Å²) in [5.74, 6) is -0.0864. The van der Waals surface area contributed by atoms with Crippen LogP contribution in [0, 0.1) is 5.92 Å². The lowest BCUT2D eigenvalue weighted by atomic mass is 10.2. The van der Waals surface area contributed by atoms with E-state index in [9.17, 15) is 13.8 Å². The summed E-state index contributed by atoms with van der Waals surface area (Å²) in [6, 6.07) is -0.597. The molecule has 4 N–H and O–H groups in total. The van der Waals surface area contributed by atoms with E-state index in [4.69, 9.17) is 5.73 Å². The second-order valence-corrected chi connectivity index (χ2v) is 5.40. The predicted octanol–water partition coefficient (Wildman–Crippen LogP) is -0.826. The first-order valence-corrected chi connectivity index (χ1v) is 6.40. The van der Waals surface area contributed by atoms with E-state index in [0.29, 0.717) is 12.3 Å². The molecule has 0 fully saturated rings. The van der Waals surface area contributed by atoms with Gasteiger partial charge < -0.3 is 11.1 Å². The van der Waals surface area contributed by atoms with Crippen LogP contribution in [0.2, 0.25) is 0 Å². The number of nitrogens with two attached hydrogens (primary N) is 1. The molecule has 16 heavy (non-hydrogen) atoms. The molecule has 7 heteroatoms. The Hall–Kier alpha value is -0.950. The Morgan fingerprint density at radius 3 is 2.38 bits per heavy atom. The highest BCUT2D eigenvalue weighted by atomic mass is 32.2. The van der Waals surface area contributed by atoms with Crippen molar-refractivity contribution in [2.24, 2.45) is 11.7 Å². The molecule has 0 bridgehead atoms. The molecule has 94 valence electrons. The molecule has 3 atom stereocenters. The van der Waals surface area contributed by atoms with E-state index in [0.717, 1.165) is 0 Å². The fourth-order valence-electron chi connectivity index (χ4n) is 0.888. The van der Waals surface area contributed by atoms with Crippen LogP contribution in [0.4, 0.5) is 4.79 Å². The lowest BCUT2D eigenvalue weighted by molar-refractivity contribution is -0.119. The zero-order chi connectivity index (χ0) is 12.7. The minimum absolute atomic E-state index is 0.0936. The van der Waals surface area contributed by atoms with Crippen molar-refractivity contribution in [2.45, 2.75) is 19.1 Å². The molecular formula is C9H19N3O3S. The minimum Gasteiger partial charge on any atom is -0.341 e. The van der Waals surface area contributed by atoms with Crippen LogP contribution in [0.3, 0.4) is 0 Å². The van der Waals surface area contributed by atoms with Crippen molar-refractivity contribution in [3.8, 4) is 0 Å². The molecule has 3 amide bonds. The molecule has 0 spiro atoms. The highest BCUT2D eigenvalue weighted by Crippen LogP contribution is 2.02. The van der Waals surface area contributed by atoms with Gasteiger partial charge in [-0.05, 0) is 19.4 Å². The van der Waals surface area contributed by atoms with E-state index >= 15 is 0 Å². The molecule has 0 radical (unpaired) electrons. The van der Waals surface area contributed by atoms with Crippen molar-refractivity contribution in [3.63, 3.8) is 0 Å². The fourth-order valence-corrected chi connectivity index (χ4v) is 2.17. The van der Waals surface area contributed by atoms with Crippen LogP contribution in [-0.2, 0) is 15.6 Å². The van der Waals surface area contributed by atoms with Gasteiger partial charge in [-0.15, -0.1) is 0 Å². The second kappa shape index (κ2) is 7.34. The van der Waals surface area contributed by atoms with Crippen LogP contribution in [-0.4, -0.2) is 40.7 Å². The van der Waals surface area contributed by atoms with E-state index in [2.05, 4.69) is 10.6 Å². The Labute approximate surface area is 97.8 Å². The van der Waals surface area contributed by atoms with Crippen LogP contribution >= 0.6 is 0 Å². The lowest BCUT2D eigenvalue weighted by Gasteiger charge is -2.13. The Balaban J connectivity index is 4.22. The lowest BCUT2D eigenvalue weighted by Crippen LogP contribution is -2.44. The summed E-state index contributed by atoms with van der Waals surface area (Å²) >= 11 is 0. The molecule has 0 heterocycles. The Kier molecular flexibility index (Phi) is 6.91. The number of hydrogen-bond donors (Lipinski definition) is 3. The maximum Gasteiger partial charge on any atom is 0.321 e. The summed E-state index contributed by atoms with van der Waals surface area (Å²) in [4.78, 5) is 22.3. The molecule has 6 nitrogen and oxygen atoms in total. The number of carbonyl (C=O) groups is 2. The number of urea groups is 1. The average Bonchev–Trinajstić information content (AvgIpc) is 2.27. The van der Waals surface area contributed by atoms with Gasteiger partial charge in [0.05, 0.1) is 0 Å². The maximum absolute atomic E-state index is 11.7. The van der Waals surface area contributed by atoms with Gasteiger partial charge in [0.25, 0.3) is 0 Å². The second-order valence-electron chi connectivity index (χ2n) is 3.60. The number of hydrogen-bond acceptors (Lipinski definition) is 4. The number of imide groups is 1. The van der Waals surface area contributed by atoms with Gasteiger partial charge in [-0.1, -0.05) is 6.92 Å². The summed E-state index contributed by atoms with van der Waals surface area (Å²) in [7, 11) is 0.0882. The Bertz CT molecular complexity index is 283. The molecule has 0 saturated carbocycles. The van der Waals surface area contributed by atoms with E-state index in [-0.39, 0.29) is 5.92 Å². The summed E-state index contributed by atoms with van der Waals surface area (Å²) in [5, 5.41) is 3.62. The van der Waals surface area contributed by atoms with Gasteiger partial charge in [-0.2, -0.15) is 0 Å². The van der Waals surface area contributed by atoms with Gasteiger partial charge in [-0.25, -0.2) is 4.79 Å². The molecule has 0 aliphatic rings. The first-order chi connectivity index (χ1) is 7.42. The normalized spacial score (nSPS) is 16.0. The van der Waals surface area contributed by atoms with E-state index in [1.807, 2.05) is 6.92 Å². The molecule has 0 aromatic rings. The van der Waals surface area contributed by atoms with Crippen LogP contribution in [0.25, 0.3) is 0 Å². The maximum atomic E-state index is 11.7. The third-order valence-corrected chi connectivity index (χ3v) is 3.98. The third-order valence-electron chi connectivity index (χ3n) is 2.08. The molecule has 0 rings (SSSR count). The summed E-state index contributed by atoms with van der Waals surface area (Å²) in [6.45, 7) is 3.81. The smallest absolute Gasteiger partial charge is 0.321 e. The predicted molar refractivity (Wildman–Crippen MR) is 63.3 cm³/mol. The van der Waals surface area contributed by atoms with Crippen molar-refractivity contribution < 1.29 is 13.8 Å².